The topological polar surface area (TPSA) is 137 Å². The van der Waals surface area contributed by atoms with Crippen molar-refractivity contribution in [1.29, 1.82) is 0 Å². The fourth-order valence-electron chi connectivity index (χ4n) is 2.71. The van der Waals surface area contributed by atoms with Gasteiger partial charge < -0.3 is 5.73 Å². The Hall–Kier alpha value is -4.06. The number of nitrogens with one attached hydrogen (secondary N) is 1. The van der Waals surface area contributed by atoms with E-state index in [1.165, 1.54) is 34.8 Å². The summed E-state index contributed by atoms with van der Waals surface area (Å²) in [5.41, 5.74) is 10.3. The van der Waals surface area contributed by atoms with Crippen LogP contribution in [-0.2, 0) is 5.75 Å². The number of thioether (sulfide) groups is 1. The van der Waals surface area contributed by atoms with Crippen molar-refractivity contribution in [1.82, 2.24) is 30.7 Å². The van der Waals surface area contributed by atoms with E-state index >= 15 is 0 Å². The largest absolute Gasteiger partial charge is 0.378 e. The molecule has 2 aromatic carbocycles. The lowest BCUT2D eigenvalue weighted by Gasteiger charge is -2.06. The van der Waals surface area contributed by atoms with Gasteiger partial charge in [0.1, 0.15) is 5.82 Å². The summed E-state index contributed by atoms with van der Waals surface area (Å²) in [5.74, 6) is -0.540. The fraction of sp³-hybridized carbons (Fsp3) is 0.100. The first kappa shape index (κ1) is 21.2. The summed E-state index contributed by atoms with van der Waals surface area (Å²) in [6, 6.07) is 13.7. The van der Waals surface area contributed by atoms with Crippen LogP contribution in [0.15, 0.2) is 63.2 Å². The monoisotopic (exact) mass is 452 g/mol. The van der Waals surface area contributed by atoms with Crippen LogP contribution in [0.4, 0.5) is 10.2 Å². The molecule has 2 aromatic heterocycles. The number of carbonyl (C=O) groups is 1. The summed E-state index contributed by atoms with van der Waals surface area (Å²) < 4.78 is 19.2. The van der Waals surface area contributed by atoms with Gasteiger partial charge in [0.25, 0.3) is 5.91 Å². The first-order valence-corrected chi connectivity index (χ1v) is 10.3. The molecule has 12 heteroatoms. The summed E-state index contributed by atoms with van der Waals surface area (Å²) in [6.45, 7) is 2.00. The summed E-state index contributed by atoms with van der Waals surface area (Å²) in [7, 11) is 0. The summed E-state index contributed by atoms with van der Waals surface area (Å²) >= 11 is 1.48. The summed E-state index contributed by atoms with van der Waals surface area (Å²) in [5, 5.41) is 19.1. The molecular formula is C20H17FN8O2S. The van der Waals surface area contributed by atoms with Crippen LogP contribution < -0.4 is 11.2 Å². The maximum absolute atomic E-state index is 13.3. The second kappa shape index (κ2) is 9.39. The second-order valence-electron chi connectivity index (χ2n) is 6.63. The van der Waals surface area contributed by atoms with E-state index in [9.17, 15) is 9.18 Å². The van der Waals surface area contributed by atoms with Crippen LogP contribution in [0.3, 0.4) is 0 Å². The van der Waals surface area contributed by atoms with Gasteiger partial charge in [-0.1, -0.05) is 35.0 Å². The third kappa shape index (κ3) is 4.81. The Labute approximate surface area is 185 Å². The normalized spacial score (nSPS) is 11.2. The molecule has 1 amide bonds. The number of hydrazone groups is 1. The number of nitrogens with zero attached hydrogens (tertiary/aromatic N) is 6. The van der Waals surface area contributed by atoms with Gasteiger partial charge in [-0.25, -0.2) is 14.4 Å². The minimum Gasteiger partial charge on any atom is -0.378 e. The number of nitrogens with two attached hydrogens (primary N) is 1. The molecule has 162 valence electrons. The molecule has 0 atom stereocenters. The van der Waals surface area contributed by atoms with Crippen molar-refractivity contribution in [2.75, 3.05) is 5.73 Å². The van der Waals surface area contributed by atoms with Crippen LogP contribution in [0.5, 0.6) is 0 Å². The van der Waals surface area contributed by atoms with Crippen molar-refractivity contribution in [3.05, 3.63) is 76.9 Å². The molecule has 0 fully saturated rings. The first-order chi connectivity index (χ1) is 15.5. The van der Waals surface area contributed by atoms with Crippen LogP contribution in [-0.4, -0.2) is 37.4 Å². The number of aryl methyl sites for hydroxylation is 1. The number of carbonyl (C=O) groups excluding carboxylic acids is 1. The second-order valence-corrected chi connectivity index (χ2v) is 7.67. The van der Waals surface area contributed by atoms with Crippen LogP contribution >= 0.6 is 11.8 Å². The zero-order valence-corrected chi connectivity index (χ0v) is 17.6. The van der Waals surface area contributed by atoms with Gasteiger partial charge >= 0.3 is 0 Å². The van der Waals surface area contributed by atoms with Crippen molar-refractivity contribution in [2.45, 2.75) is 17.6 Å². The number of rotatable bonds is 7. The van der Waals surface area contributed by atoms with Gasteiger partial charge in [-0.05, 0) is 47.1 Å². The summed E-state index contributed by atoms with van der Waals surface area (Å²) in [6.07, 6.45) is 1.33. The van der Waals surface area contributed by atoms with Gasteiger partial charge in [0.05, 0.1) is 11.9 Å². The minimum absolute atomic E-state index is 0.00701. The predicted octanol–water partition coefficient (Wildman–Crippen LogP) is 2.74. The number of anilines is 1. The first-order valence-electron chi connectivity index (χ1n) is 9.32. The number of aromatic nitrogens is 5. The molecule has 0 saturated carbocycles. The lowest BCUT2D eigenvalue weighted by molar-refractivity contribution is 0.0949. The Kier molecular flexibility index (Phi) is 6.22. The minimum atomic E-state index is -0.599. The van der Waals surface area contributed by atoms with Crippen molar-refractivity contribution in [3.63, 3.8) is 0 Å². The SMILES string of the molecule is Cc1ccc(SCc2c(C(=O)NN=Cc3cccc(F)c3)nnn2-c2nonc2N)cc1. The van der Waals surface area contributed by atoms with Gasteiger partial charge in [-0.15, -0.1) is 16.9 Å². The lowest BCUT2D eigenvalue weighted by Crippen LogP contribution is -2.20. The molecule has 2 heterocycles. The van der Waals surface area contributed by atoms with E-state index in [-0.39, 0.29) is 17.3 Å². The Morgan fingerprint density at radius 1 is 1.28 bits per heavy atom. The molecule has 0 bridgehead atoms. The molecule has 10 nitrogen and oxygen atoms in total. The maximum atomic E-state index is 13.3. The smallest absolute Gasteiger partial charge is 0.293 e. The molecule has 4 rings (SSSR count). The molecule has 32 heavy (non-hydrogen) atoms. The zero-order chi connectivity index (χ0) is 22.5. The van der Waals surface area contributed by atoms with Crippen LogP contribution in [0.2, 0.25) is 0 Å². The van der Waals surface area contributed by atoms with E-state index in [0.717, 1.165) is 10.5 Å². The quantitative estimate of drug-likeness (QED) is 0.248. The fourth-order valence-corrected chi connectivity index (χ4v) is 3.60. The number of hydrogen-bond acceptors (Lipinski definition) is 9. The average Bonchev–Trinajstić information content (AvgIpc) is 3.39. The van der Waals surface area contributed by atoms with E-state index in [0.29, 0.717) is 17.0 Å². The van der Waals surface area contributed by atoms with Gasteiger partial charge in [0.15, 0.2) is 5.69 Å². The molecule has 4 aromatic rings. The average molecular weight is 452 g/mol. The van der Waals surface area contributed by atoms with E-state index in [4.69, 9.17) is 5.73 Å². The Balaban J connectivity index is 1.57. The van der Waals surface area contributed by atoms with Crippen LogP contribution in [0.1, 0.15) is 27.3 Å². The molecule has 0 aliphatic carbocycles. The number of halogens is 1. The van der Waals surface area contributed by atoms with Gasteiger partial charge in [-0.2, -0.15) is 9.78 Å². The number of hydrogen-bond donors (Lipinski definition) is 2. The Morgan fingerprint density at radius 3 is 2.81 bits per heavy atom. The van der Waals surface area contributed by atoms with Crippen LogP contribution in [0.25, 0.3) is 5.82 Å². The van der Waals surface area contributed by atoms with Gasteiger partial charge in [0.2, 0.25) is 11.6 Å². The standard InChI is InChI=1S/C20H17FN8O2S/c1-12-5-7-15(8-6-12)32-11-16-17(24-28-29(16)19-18(22)26-31-27-19)20(30)25-23-10-13-3-2-4-14(21)9-13/h2-10H,11H2,1H3,(H2,22,26)(H,25,30). The highest BCUT2D eigenvalue weighted by Gasteiger charge is 2.24. The highest BCUT2D eigenvalue weighted by Crippen LogP contribution is 2.26. The van der Waals surface area contributed by atoms with Crippen LogP contribution in [0, 0.1) is 12.7 Å². The third-order valence-electron chi connectivity index (χ3n) is 4.30. The van der Waals surface area contributed by atoms with Crippen molar-refractivity contribution >= 4 is 29.7 Å². The van der Waals surface area contributed by atoms with E-state index in [2.05, 4.69) is 35.8 Å². The van der Waals surface area contributed by atoms with Gasteiger partial charge in [-0.3, -0.25) is 4.79 Å². The third-order valence-corrected chi connectivity index (χ3v) is 5.32. The highest BCUT2D eigenvalue weighted by atomic mass is 32.2. The molecule has 0 aliphatic heterocycles. The van der Waals surface area contributed by atoms with Crippen molar-refractivity contribution in [2.24, 2.45) is 5.10 Å². The summed E-state index contributed by atoms with van der Waals surface area (Å²) in [4.78, 5) is 13.7. The van der Waals surface area contributed by atoms with Crippen molar-refractivity contribution in [3.8, 4) is 5.82 Å². The number of benzene rings is 2. The predicted molar refractivity (Wildman–Crippen MR) is 116 cm³/mol. The number of amides is 1. The molecule has 0 aliphatic rings. The molecule has 0 saturated heterocycles. The van der Waals surface area contributed by atoms with E-state index in [1.54, 1.807) is 12.1 Å². The molecule has 3 N–H and O–H groups in total. The Bertz CT molecular complexity index is 1270. The number of nitrogen functional groups attached to an aromatic ring is 1. The maximum Gasteiger partial charge on any atom is 0.293 e. The molecule has 0 spiro atoms. The zero-order valence-electron chi connectivity index (χ0n) is 16.8. The van der Waals surface area contributed by atoms with Crippen molar-refractivity contribution < 1.29 is 13.8 Å². The van der Waals surface area contributed by atoms with Gasteiger partial charge in [0, 0.05) is 10.6 Å². The highest BCUT2D eigenvalue weighted by molar-refractivity contribution is 7.98. The van der Waals surface area contributed by atoms with E-state index < -0.39 is 11.7 Å². The molecular weight excluding hydrogens is 435 g/mol. The Morgan fingerprint density at radius 2 is 2.09 bits per heavy atom. The molecule has 0 radical (unpaired) electrons. The lowest BCUT2D eigenvalue weighted by atomic mass is 10.2. The molecule has 0 unspecified atom stereocenters. The van der Waals surface area contributed by atoms with E-state index in [1.807, 2.05) is 31.2 Å².